The molecule has 0 saturated carbocycles. The van der Waals surface area contributed by atoms with Crippen molar-refractivity contribution in [2.45, 2.75) is 13.2 Å². The molecule has 0 spiro atoms. The summed E-state index contributed by atoms with van der Waals surface area (Å²) in [6.45, 7) is 0.846. The van der Waals surface area contributed by atoms with Gasteiger partial charge in [0.15, 0.2) is 0 Å². The summed E-state index contributed by atoms with van der Waals surface area (Å²) in [7, 11) is 0. The van der Waals surface area contributed by atoms with E-state index in [1.54, 1.807) is 30.3 Å². The molecule has 0 unspecified atom stereocenters. The van der Waals surface area contributed by atoms with E-state index in [2.05, 4.69) is 5.32 Å². The Hall–Kier alpha value is -2.23. The van der Waals surface area contributed by atoms with E-state index in [-0.39, 0.29) is 12.4 Å². The van der Waals surface area contributed by atoms with Gasteiger partial charge in [-0.2, -0.15) is 0 Å². The highest BCUT2D eigenvalue weighted by molar-refractivity contribution is 6.42. The van der Waals surface area contributed by atoms with Crippen molar-refractivity contribution in [3.63, 3.8) is 0 Å². The molecular formula is C20H16Cl2FNO. The lowest BCUT2D eigenvalue weighted by atomic mass is 10.2. The molecule has 0 aliphatic rings. The fraction of sp³-hybridized carbons (Fsp3) is 0.100. The minimum Gasteiger partial charge on any atom is -0.489 e. The van der Waals surface area contributed by atoms with Crippen LogP contribution in [0, 0.1) is 5.82 Å². The second kappa shape index (κ2) is 8.24. The van der Waals surface area contributed by atoms with Crippen molar-refractivity contribution in [3.8, 4) is 5.75 Å². The molecule has 0 saturated heterocycles. The second-order valence-electron chi connectivity index (χ2n) is 5.51. The maximum absolute atomic E-state index is 13.6. The van der Waals surface area contributed by atoms with Crippen molar-refractivity contribution in [2.75, 3.05) is 5.32 Å². The van der Waals surface area contributed by atoms with Gasteiger partial charge in [0.1, 0.15) is 18.2 Å². The SMILES string of the molecule is Fc1ccccc1COc1ccc(CNc2ccc(Cl)c(Cl)c2)cc1. The zero-order valence-electron chi connectivity index (χ0n) is 13.3. The summed E-state index contributed by atoms with van der Waals surface area (Å²) in [5.41, 5.74) is 2.52. The van der Waals surface area contributed by atoms with Crippen LogP contribution >= 0.6 is 23.2 Å². The number of hydrogen-bond acceptors (Lipinski definition) is 2. The smallest absolute Gasteiger partial charge is 0.129 e. The van der Waals surface area contributed by atoms with Crippen LogP contribution in [0.4, 0.5) is 10.1 Å². The van der Waals surface area contributed by atoms with Gasteiger partial charge >= 0.3 is 0 Å². The molecule has 0 heterocycles. The van der Waals surface area contributed by atoms with Crippen LogP contribution in [0.5, 0.6) is 5.75 Å². The second-order valence-corrected chi connectivity index (χ2v) is 6.32. The van der Waals surface area contributed by atoms with E-state index in [0.717, 1.165) is 11.3 Å². The number of halogens is 3. The molecule has 3 rings (SSSR count). The predicted molar refractivity (Wildman–Crippen MR) is 101 cm³/mol. The van der Waals surface area contributed by atoms with E-state index in [9.17, 15) is 4.39 Å². The molecule has 3 aromatic carbocycles. The first-order valence-electron chi connectivity index (χ1n) is 7.76. The Morgan fingerprint density at radius 2 is 1.64 bits per heavy atom. The largest absolute Gasteiger partial charge is 0.489 e. The minimum atomic E-state index is -0.259. The van der Waals surface area contributed by atoms with Crippen molar-refractivity contribution in [2.24, 2.45) is 0 Å². The molecule has 2 nitrogen and oxygen atoms in total. The number of benzene rings is 3. The number of ether oxygens (including phenoxy) is 1. The van der Waals surface area contributed by atoms with Crippen LogP contribution in [0.3, 0.4) is 0 Å². The van der Waals surface area contributed by atoms with Crippen molar-refractivity contribution in [1.82, 2.24) is 0 Å². The molecular weight excluding hydrogens is 360 g/mol. The third-order valence-corrected chi connectivity index (χ3v) is 4.43. The fourth-order valence-electron chi connectivity index (χ4n) is 2.29. The molecule has 0 radical (unpaired) electrons. The van der Waals surface area contributed by atoms with E-state index in [4.69, 9.17) is 27.9 Å². The van der Waals surface area contributed by atoms with E-state index in [1.165, 1.54) is 6.07 Å². The molecule has 25 heavy (non-hydrogen) atoms. The van der Waals surface area contributed by atoms with Crippen LogP contribution in [-0.2, 0) is 13.2 Å². The molecule has 0 aliphatic heterocycles. The molecule has 0 aromatic heterocycles. The molecule has 1 N–H and O–H groups in total. The van der Waals surface area contributed by atoms with Gasteiger partial charge in [-0.1, -0.05) is 53.5 Å². The zero-order chi connectivity index (χ0) is 17.6. The van der Waals surface area contributed by atoms with Gasteiger partial charge in [-0.05, 0) is 42.0 Å². The van der Waals surface area contributed by atoms with Crippen molar-refractivity contribution in [1.29, 1.82) is 0 Å². The average Bonchev–Trinajstić information content (AvgIpc) is 2.63. The summed E-state index contributed by atoms with van der Waals surface area (Å²) in [6.07, 6.45) is 0. The first-order chi connectivity index (χ1) is 12.1. The highest BCUT2D eigenvalue weighted by Crippen LogP contribution is 2.25. The Bertz CT molecular complexity index is 853. The zero-order valence-corrected chi connectivity index (χ0v) is 14.8. The first kappa shape index (κ1) is 17.6. The van der Waals surface area contributed by atoms with Crippen LogP contribution < -0.4 is 10.1 Å². The van der Waals surface area contributed by atoms with Gasteiger partial charge in [-0.3, -0.25) is 0 Å². The van der Waals surface area contributed by atoms with Crippen LogP contribution in [0.25, 0.3) is 0 Å². The van der Waals surface area contributed by atoms with E-state index < -0.39 is 0 Å². The van der Waals surface area contributed by atoms with Gasteiger partial charge in [0, 0.05) is 17.8 Å². The predicted octanol–water partition coefficient (Wildman–Crippen LogP) is 6.32. The number of nitrogens with one attached hydrogen (secondary N) is 1. The molecule has 5 heteroatoms. The Morgan fingerprint density at radius 1 is 0.880 bits per heavy atom. The topological polar surface area (TPSA) is 21.3 Å². The van der Waals surface area contributed by atoms with Crippen LogP contribution in [0.1, 0.15) is 11.1 Å². The third-order valence-electron chi connectivity index (χ3n) is 3.69. The molecule has 0 aliphatic carbocycles. The molecule has 128 valence electrons. The molecule has 0 atom stereocenters. The molecule has 3 aromatic rings. The Morgan fingerprint density at radius 3 is 2.36 bits per heavy atom. The normalized spacial score (nSPS) is 10.5. The lowest BCUT2D eigenvalue weighted by molar-refractivity contribution is 0.300. The summed E-state index contributed by atoms with van der Waals surface area (Å²) in [5, 5.41) is 4.33. The average molecular weight is 376 g/mol. The number of hydrogen-bond donors (Lipinski definition) is 1. The summed E-state index contributed by atoms with van der Waals surface area (Å²) < 4.78 is 19.2. The summed E-state index contributed by atoms with van der Waals surface area (Å²) in [4.78, 5) is 0. The maximum Gasteiger partial charge on any atom is 0.129 e. The fourth-order valence-corrected chi connectivity index (χ4v) is 2.59. The highest BCUT2D eigenvalue weighted by atomic mass is 35.5. The van der Waals surface area contributed by atoms with Gasteiger partial charge in [0.05, 0.1) is 10.0 Å². The lowest BCUT2D eigenvalue weighted by Gasteiger charge is -2.10. The molecule has 0 fully saturated rings. The van der Waals surface area contributed by atoms with Crippen molar-refractivity contribution >= 4 is 28.9 Å². The quantitative estimate of drug-likeness (QED) is 0.543. The van der Waals surface area contributed by atoms with Crippen LogP contribution in [0.2, 0.25) is 10.0 Å². The third kappa shape index (κ3) is 4.88. The summed E-state index contributed by atoms with van der Waals surface area (Å²) in [6, 6.07) is 19.7. The monoisotopic (exact) mass is 375 g/mol. The number of rotatable bonds is 6. The molecule has 0 amide bonds. The van der Waals surface area contributed by atoms with Crippen molar-refractivity contribution < 1.29 is 9.13 Å². The van der Waals surface area contributed by atoms with Gasteiger partial charge in [0.25, 0.3) is 0 Å². The van der Waals surface area contributed by atoms with E-state index >= 15 is 0 Å². The van der Waals surface area contributed by atoms with Gasteiger partial charge < -0.3 is 10.1 Å². The lowest BCUT2D eigenvalue weighted by Crippen LogP contribution is -2.00. The van der Waals surface area contributed by atoms with Gasteiger partial charge in [-0.15, -0.1) is 0 Å². The maximum atomic E-state index is 13.6. The standard InChI is InChI=1S/C20H16Cl2FNO/c21-18-10-7-16(11-19(18)22)24-12-14-5-8-17(9-6-14)25-13-15-3-1-2-4-20(15)23/h1-11,24H,12-13H2. The Labute approximate surface area is 156 Å². The van der Waals surface area contributed by atoms with Crippen LogP contribution in [-0.4, -0.2) is 0 Å². The minimum absolute atomic E-state index is 0.202. The van der Waals surface area contributed by atoms with Crippen molar-refractivity contribution in [3.05, 3.63) is 93.7 Å². The number of anilines is 1. The Balaban J connectivity index is 1.55. The van der Waals surface area contributed by atoms with E-state index in [1.807, 2.05) is 30.3 Å². The Kier molecular flexibility index (Phi) is 5.79. The van der Waals surface area contributed by atoms with Crippen LogP contribution in [0.15, 0.2) is 66.7 Å². The molecule has 0 bridgehead atoms. The highest BCUT2D eigenvalue weighted by Gasteiger charge is 2.03. The van der Waals surface area contributed by atoms with E-state index in [0.29, 0.717) is 27.9 Å². The van der Waals surface area contributed by atoms with Gasteiger partial charge in [-0.25, -0.2) is 4.39 Å². The summed E-state index contributed by atoms with van der Waals surface area (Å²) >= 11 is 11.9. The van der Waals surface area contributed by atoms with Gasteiger partial charge in [0.2, 0.25) is 0 Å². The summed E-state index contributed by atoms with van der Waals surface area (Å²) in [5.74, 6) is 0.437. The first-order valence-corrected chi connectivity index (χ1v) is 8.51.